The molecule has 0 bridgehead atoms. The van der Waals surface area contributed by atoms with Gasteiger partial charge >= 0.3 is 11.6 Å². The molecule has 6 rings (SSSR count). The molecule has 2 heterocycles. The second kappa shape index (κ2) is 11.0. The van der Waals surface area contributed by atoms with Gasteiger partial charge in [-0.2, -0.15) is 0 Å². The van der Waals surface area contributed by atoms with Crippen LogP contribution in [0, 0.1) is 0 Å². The molecular weight excluding hydrogens is 490 g/mol. The first-order valence-electron chi connectivity index (χ1n) is 12.9. The first-order valence-corrected chi connectivity index (χ1v) is 12.9. The number of rotatable bonds is 7. The summed E-state index contributed by atoms with van der Waals surface area (Å²) >= 11 is 0. The van der Waals surface area contributed by atoms with Crippen LogP contribution < -0.4 is 10.4 Å². The Bertz CT molecular complexity index is 1650. The highest BCUT2D eigenvalue weighted by Gasteiger charge is 2.33. The van der Waals surface area contributed by atoms with E-state index in [2.05, 4.69) is 0 Å². The van der Waals surface area contributed by atoms with E-state index in [0.29, 0.717) is 24.3 Å². The maximum atomic E-state index is 13.5. The van der Waals surface area contributed by atoms with Crippen LogP contribution in [0.2, 0.25) is 0 Å². The van der Waals surface area contributed by atoms with Crippen molar-refractivity contribution in [2.24, 2.45) is 0 Å². The van der Waals surface area contributed by atoms with E-state index >= 15 is 0 Å². The number of fused-ring (bicyclic) bond motifs is 3. The molecule has 0 spiro atoms. The average molecular weight is 518 g/mol. The van der Waals surface area contributed by atoms with Crippen molar-refractivity contribution in [1.82, 2.24) is 4.90 Å². The lowest BCUT2D eigenvalue weighted by atomic mass is 9.98. The number of esters is 1. The Labute approximate surface area is 226 Å². The van der Waals surface area contributed by atoms with Crippen LogP contribution in [0.15, 0.2) is 118 Å². The molecule has 0 saturated heterocycles. The third-order valence-corrected chi connectivity index (χ3v) is 7.01. The fraction of sp³-hybridized carbons (Fsp3) is 0.152. The number of hydrogen-bond acceptors (Lipinski definition) is 6. The molecule has 0 radical (unpaired) electrons. The predicted octanol–water partition coefficient (Wildman–Crippen LogP) is 5.97. The molecule has 0 unspecified atom stereocenters. The van der Waals surface area contributed by atoms with E-state index in [-0.39, 0.29) is 19.3 Å². The highest BCUT2D eigenvalue weighted by Crippen LogP contribution is 2.36. The summed E-state index contributed by atoms with van der Waals surface area (Å²) in [5.74, 6) is 0.310. The molecule has 194 valence electrons. The predicted molar refractivity (Wildman–Crippen MR) is 149 cm³/mol. The zero-order valence-corrected chi connectivity index (χ0v) is 21.3. The Kier molecular flexibility index (Phi) is 6.93. The van der Waals surface area contributed by atoms with Crippen molar-refractivity contribution in [3.05, 3.63) is 136 Å². The van der Waals surface area contributed by atoms with Crippen molar-refractivity contribution in [2.75, 3.05) is 6.73 Å². The Hall–Kier alpha value is -4.68. The summed E-state index contributed by atoms with van der Waals surface area (Å²) in [6, 6.07) is 34.0. The van der Waals surface area contributed by atoms with Gasteiger partial charge in [0.15, 0.2) is 0 Å². The first-order chi connectivity index (χ1) is 19.2. The Balaban J connectivity index is 1.35. The lowest BCUT2D eigenvalue weighted by molar-refractivity contribution is -0.153. The third kappa shape index (κ3) is 5.33. The largest absolute Gasteiger partial charge is 0.478 e. The van der Waals surface area contributed by atoms with Crippen LogP contribution >= 0.6 is 0 Å². The summed E-state index contributed by atoms with van der Waals surface area (Å²) in [4.78, 5) is 28.1. The van der Waals surface area contributed by atoms with E-state index in [4.69, 9.17) is 13.9 Å². The molecule has 0 aliphatic carbocycles. The van der Waals surface area contributed by atoms with Crippen molar-refractivity contribution in [2.45, 2.75) is 25.6 Å². The Morgan fingerprint density at radius 3 is 2.23 bits per heavy atom. The van der Waals surface area contributed by atoms with Gasteiger partial charge in [-0.15, -0.1) is 0 Å². The summed E-state index contributed by atoms with van der Waals surface area (Å²) in [7, 11) is 0. The monoisotopic (exact) mass is 517 g/mol. The second-order valence-corrected chi connectivity index (χ2v) is 9.58. The molecule has 0 amide bonds. The number of nitrogens with zero attached hydrogens (tertiary/aromatic N) is 1. The van der Waals surface area contributed by atoms with E-state index in [9.17, 15) is 9.59 Å². The first kappa shape index (κ1) is 24.6. The molecular formula is C33H27NO5. The minimum absolute atomic E-state index is 0.189. The molecule has 1 aromatic heterocycles. The van der Waals surface area contributed by atoms with Gasteiger partial charge in [0.05, 0.1) is 5.56 Å². The molecule has 0 fully saturated rings. The van der Waals surface area contributed by atoms with Crippen molar-refractivity contribution >= 4 is 16.9 Å². The van der Waals surface area contributed by atoms with Crippen LogP contribution in [0.5, 0.6) is 5.75 Å². The lowest BCUT2D eigenvalue weighted by Gasteiger charge is -2.34. The molecule has 1 aliphatic rings. The van der Waals surface area contributed by atoms with Crippen LogP contribution in [0.1, 0.15) is 16.7 Å². The molecule has 6 heteroatoms. The molecule has 1 atom stereocenters. The highest BCUT2D eigenvalue weighted by atomic mass is 16.5. The van der Waals surface area contributed by atoms with Crippen LogP contribution in [-0.2, 0) is 29.1 Å². The Morgan fingerprint density at radius 2 is 1.51 bits per heavy atom. The normalized spacial score (nSPS) is 13.8. The second-order valence-electron chi connectivity index (χ2n) is 9.58. The minimum atomic E-state index is -0.594. The van der Waals surface area contributed by atoms with Gasteiger partial charge in [-0.3, -0.25) is 9.69 Å². The standard InChI is InChI=1S/C33H27NO5/c35-31-19-27(25-14-8-3-9-15-25)26-16-17-30-28(32(26)39-31)20-34(22-38-30)29(18-23-10-4-1-5-11-23)33(36)37-21-24-12-6-2-7-13-24/h1-17,19,29H,18,20-22H2/t29-/m1/s1. The molecule has 6 nitrogen and oxygen atoms in total. The van der Waals surface area contributed by atoms with Crippen LogP contribution in [0.3, 0.4) is 0 Å². The fourth-order valence-electron chi connectivity index (χ4n) is 5.03. The number of benzene rings is 4. The molecule has 0 saturated carbocycles. The van der Waals surface area contributed by atoms with E-state index < -0.39 is 11.7 Å². The summed E-state index contributed by atoms with van der Waals surface area (Å²) in [6.45, 7) is 0.763. The maximum Gasteiger partial charge on any atom is 0.336 e. The van der Waals surface area contributed by atoms with Crippen LogP contribution in [-0.4, -0.2) is 23.6 Å². The van der Waals surface area contributed by atoms with E-state index in [1.165, 1.54) is 6.07 Å². The smallest absolute Gasteiger partial charge is 0.336 e. The SMILES string of the molecule is O=C(OCc1ccccc1)[C@@H](Cc1ccccc1)N1COc2ccc3c(-c4ccccc4)cc(=O)oc3c2C1. The topological polar surface area (TPSA) is 69.0 Å². The minimum Gasteiger partial charge on any atom is -0.478 e. The third-order valence-electron chi connectivity index (χ3n) is 7.01. The van der Waals surface area contributed by atoms with E-state index in [0.717, 1.165) is 33.2 Å². The molecule has 0 N–H and O–H groups in total. The summed E-state index contributed by atoms with van der Waals surface area (Å²) in [6.07, 6.45) is 0.455. The van der Waals surface area contributed by atoms with E-state index in [1.54, 1.807) is 0 Å². The molecule has 1 aliphatic heterocycles. The van der Waals surface area contributed by atoms with Crippen molar-refractivity contribution in [3.8, 4) is 16.9 Å². The number of carbonyl (C=O) groups is 1. The van der Waals surface area contributed by atoms with Gasteiger partial charge in [0.2, 0.25) is 0 Å². The maximum absolute atomic E-state index is 13.5. The van der Waals surface area contributed by atoms with Gasteiger partial charge in [0, 0.05) is 18.0 Å². The number of hydrogen-bond donors (Lipinski definition) is 0. The van der Waals surface area contributed by atoms with Gasteiger partial charge in [-0.1, -0.05) is 91.0 Å². The zero-order chi connectivity index (χ0) is 26.6. The highest BCUT2D eigenvalue weighted by molar-refractivity contribution is 5.95. The van der Waals surface area contributed by atoms with Gasteiger partial charge in [-0.25, -0.2) is 4.79 Å². The summed E-state index contributed by atoms with van der Waals surface area (Å²) in [5, 5.41) is 0.816. The van der Waals surface area contributed by atoms with Gasteiger partial charge in [0.25, 0.3) is 0 Å². The fourth-order valence-corrected chi connectivity index (χ4v) is 5.03. The van der Waals surface area contributed by atoms with Crippen molar-refractivity contribution in [1.29, 1.82) is 0 Å². The van der Waals surface area contributed by atoms with Crippen LogP contribution in [0.25, 0.3) is 22.1 Å². The van der Waals surface area contributed by atoms with Crippen molar-refractivity contribution < 1.29 is 18.7 Å². The molecule has 5 aromatic rings. The Morgan fingerprint density at radius 1 is 0.846 bits per heavy atom. The zero-order valence-electron chi connectivity index (χ0n) is 21.3. The summed E-state index contributed by atoms with van der Waals surface area (Å²) in [5.41, 5.74) is 4.43. The number of carbonyl (C=O) groups excluding carboxylic acids is 1. The van der Waals surface area contributed by atoms with Gasteiger partial charge < -0.3 is 13.9 Å². The summed E-state index contributed by atoms with van der Waals surface area (Å²) < 4.78 is 17.7. The van der Waals surface area contributed by atoms with Gasteiger partial charge in [0.1, 0.15) is 30.7 Å². The van der Waals surface area contributed by atoms with Crippen LogP contribution in [0.4, 0.5) is 0 Å². The quantitative estimate of drug-likeness (QED) is 0.196. The molecule has 39 heavy (non-hydrogen) atoms. The lowest BCUT2D eigenvalue weighted by Crippen LogP contribution is -2.46. The average Bonchev–Trinajstić information content (AvgIpc) is 2.99. The van der Waals surface area contributed by atoms with Crippen molar-refractivity contribution in [3.63, 3.8) is 0 Å². The van der Waals surface area contributed by atoms with E-state index in [1.807, 2.05) is 108 Å². The molecule has 4 aromatic carbocycles. The number of ether oxygens (including phenoxy) is 2. The van der Waals surface area contributed by atoms with Gasteiger partial charge in [-0.05, 0) is 40.8 Å².